The molecule has 1 aromatic carbocycles. The molecule has 0 unspecified atom stereocenters. The highest BCUT2D eigenvalue weighted by molar-refractivity contribution is 5.76. The average Bonchev–Trinajstić information content (AvgIpc) is 2.91. The van der Waals surface area contributed by atoms with Crippen LogP contribution in [0.25, 0.3) is 0 Å². The highest BCUT2D eigenvalue weighted by Crippen LogP contribution is 2.33. The molecule has 38 heavy (non-hydrogen) atoms. The van der Waals surface area contributed by atoms with Crippen LogP contribution < -0.4 is 9.47 Å². The summed E-state index contributed by atoms with van der Waals surface area (Å²) in [5.41, 5.74) is 0.967. The van der Waals surface area contributed by atoms with Gasteiger partial charge >= 0.3 is 11.9 Å². The van der Waals surface area contributed by atoms with Crippen molar-refractivity contribution in [3.63, 3.8) is 0 Å². The molecule has 218 valence electrons. The van der Waals surface area contributed by atoms with E-state index in [0.717, 1.165) is 50.5 Å². The number of carbonyl (C=O) groups excluding carboxylic acids is 2. The Morgan fingerprint density at radius 1 is 0.526 bits per heavy atom. The first kappa shape index (κ1) is 34.2. The molecular formula is C34H58O4. The third-order valence-electron chi connectivity index (χ3n) is 7.27. The van der Waals surface area contributed by atoms with Crippen LogP contribution >= 0.6 is 0 Å². The zero-order valence-corrected chi connectivity index (χ0v) is 25.1. The number of carbonyl (C=O) groups is 2. The van der Waals surface area contributed by atoms with Crippen molar-refractivity contribution >= 4 is 11.9 Å². The molecule has 0 aromatic heterocycles. The summed E-state index contributed by atoms with van der Waals surface area (Å²) in [6.07, 6.45) is 25.1. The van der Waals surface area contributed by atoms with Gasteiger partial charge in [-0.3, -0.25) is 9.59 Å². The number of aryl methyl sites for hydroxylation is 1. The largest absolute Gasteiger partial charge is 0.423 e. The molecule has 0 radical (unpaired) electrons. The first-order valence-corrected chi connectivity index (χ1v) is 16.2. The molecule has 0 saturated heterocycles. The summed E-state index contributed by atoms with van der Waals surface area (Å²) < 4.78 is 11.6. The standard InChI is InChI=1S/C34H58O4/c1-4-7-10-13-16-19-22-28-32(35)37-31-27-24-26-30(25-21-18-15-12-9-6-3)34(31)38-33(36)29-23-20-17-14-11-8-5-2/h24,26-27H,4-23,25,28-29H2,1-3H3. The molecule has 0 heterocycles. The van der Waals surface area contributed by atoms with Gasteiger partial charge in [-0.25, -0.2) is 0 Å². The Kier molecular flexibility index (Phi) is 21.8. The van der Waals surface area contributed by atoms with Crippen molar-refractivity contribution in [2.24, 2.45) is 0 Å². The minimum absolute atomic E-state index is 0.224. The van der Waals surface area contributed by atoms with Gasteiger partial charge in [0.25, 0.3) is 0 Å². The Balaban J connectivity index is 2.65. The van der Waals surface area contributed by atoms with Gasteiger partial charge in [0, 0.05) is 12.8 Å². The molecule has 0 atom stereocenters. The predicted octanol–water partition coefficient (Wildman–Crippen LogP) is 10.7. The van der Waals surface area contributed by atoms with Gasteiger partial charge < -0.3 is 9.47 Å². The Labute approximate surface area is 234 Å². The van der Waals surface area contributed by atoms with Crippen LogP contribution in [0.2, 0.25) is 0 Å². The van der Waals surface area contributed by atoms with E-state index in [1.54, 1.807) is 6.07 Å². The SMILES string of the molecule is CCCCCCCCCC(=O)Oc1cccc(CCCCCCCC)c1OC(=O)CCCCCCCCC. The van der Waals surface area contributed by atoms with E-state index in [1.165, 1.54) is 89.9 Å². The van der Waals surface area contributed by atoms with Crippen LogP contribution in [0.5, 0.6) is 11.5 Å². The molecule has 0 amide bonds. The van der Waals surface area contributed by atoms with Crippen molar-refractivity contribution in [3.8, 4) is 11.5 Å². The van der Waals surface area contributed by atoms with E-state index < -0.39 is 0 Å². The molecule has 0 N–H and O–H groups in total. The number of para-hydroxylation sites is 1. The Bertz CT molecular complexity index is 727. The van der Waals surface area contributed by atoms with Crippen molar-refractivity contribution in [3.05, 3.63) is 23.8 Å². The van der Waals surface area contributed by atoms with E-state index in [4.69, 9.17) is 9.47 Å². The van der Waals surface area contributed by atoms with Gasteiger partial charge in [0.2, 0.25) is 0 Å². The van der Waals surface area contributed by atoms with Gasteiger partial charge in [-0.1, -0.05) is 142 Å². The van der Waals surface area contributed by atoms with Gasteiger partial charge in [0.15, 0.2) is 11.5 Å². The van der Waals surface area contributed by atoms with Crippen LogP contribution in [-0.4, -0.2) is 11.9 Å². The van der Waals surface area contributed by atoms with Crippen LogP contribution in [0.1, 0.15) is 168 Å². The number of ether oxygens (including phenoxy) is 2. The molecule has 0 aliphatic heterocycles. The van der Waals surface area contributed by atoms with E-state index in [9.17, 15) is 9.59 Å². The smallest absolute Gasteiger partial charge is 0.311 e. The maximum absolute atomic E-state index is 12.7. The summed E-state index contributed by atoms with van der Waals surface area (Å²) in [7, 11) is 0. The lowest BCUT2D eigenvalue weighted by Gasteiger charge is -2.15. The van der Waals surface area contributed by atoms with Crippen LogP contribution in [0.15, 0.2) is 18.2 Å². The molecule has 4 heteroatoms. The summed E-state index contributed by atoms with van der Waals surface area (Å²) in [6.45, 7) is 6.68. The minimum atomic E-state index is -0.236. The molecule has 0 fully saturated rings. The van der Waals surface area contributed by atoms with Crippen molar-refractivity contribution < 1.29 is 19.1 Å². The third kappa shape index (κ3) is 17.6. The summed E-state index contributed by atoms with van der Waals surface area (Å²) in [4.78, 5) is 25.4. The monoisotopic (exact) mass is 530 g/mol. The lowest BCUT2D eigenvalue weighted by Crippen LogP contribution is -2.13. The maximum atomic E-state index is 12.7. The second kappa shape index (κ2) is 24.2. The van der Waals surface area contributed by atoms with Gasteiger partial charge in [-0.2, -0.15) is 0 Å². The van der Waals surface area contributed by atoms with Crippen molar-refractivity contribution in [1.82, 2.24) is 0 Å². The molecule has 1 rings (SSSR count). The normalized spacial score (nSPS) is 11.0. The first-order chi connectivity index (χ1) is 18.6. The van der Waals surface area contributed by atoms with Crippen LogP contribution in [0, 0.1) is 0 Å². The maximum Gasteiger partial charge on any atom is 0.311 e. The molecule has 0 saturated carbocycles. The molecule has 4 nitrogen and oxygen atoms in total. The van der Waals surface area contributed by atoms with Gasteiger partial charge in [0.05, 0.1) is 0 Å². The number of benzene rings is 1. The van der Waals surface area contributed by atoms with E-state index in [1.807, 2.05) is 12.1 Å². The quantitative estimate of drug-likeness (QED) is 0.0716. The summed E-state index contributed by atoms with van der Waals surface area (Å²) in [5, 5.41) is 0. The lowest BCUT2D eigenvalue weighted by atomic mass is 10.0. The fraction of sp³-hybridized carbons (Fsp3) is 0.765. The fourth-order valence-corrected chi connectivity index (χ4v) is 4.84. The van der Waals surface area contributed by atoms with Crippen molar-refractivity contribution in [1.29, 1.82) is 0 Å². The second-order valence-electron chi connectivity index (χ2n) is 11.0. The topological polar surface area (TPSA) is 52.6 Å². The van der Waals surface area contributed by atoms with Gasteiger partial charge in [0.1, 0.15) is 0 Å². The lowest BCUT2D eigenvalue weighted by molar-refractivity contribution is -0.137. The fourth-order valence-electron chi connectivity index (χ4n) is 4.84. The van der Waals surface area contributed by atoms with Gasteiger partial charge in [-0.05, 0) is 37.3 Å². The van der Waals surface area contributed by atoms with E-state index in [-0.39, 0.29) is 11.9 Å². The molecule has 0 spiro atoms. The number of unbranched alkanes of at least 4 members (excludes halogenated alkanes) is 17. The number of esters is 2. The third-order valence-corrected chi connectivity index (χ3v) is 7.27. The summed E-state index contributed by atoms with van der Waals surface area (Å²) in [6, 6.07) is 5.69. The van der Waals surface area contributed by atoms with Gasteiger partial charge in [-0.15, -0.1) is 0 Å². The average molecular weight is 531 g/mol. The van der Waals surface area contributed by atoms with Crippen molar-refractivity contribution in [2.75, 3.05) is 0 Å². The Hall–Kier alpha value is -1.84. The highest BCUT2D eigenvalue weighted by atomic mass is 16.6. The summed E-state index contributed by atoms with van der Waals surface area (Å²) in [5.74, 6) is 0.397. The second-order valence-corrected chi connectivity index (χ2v) is 11.0. The van der Waals surface area contributed by atoms with Crippen LogP contribution in [-0.2, 0) is 16.0 Å². The molecular weight excluding hydrogens is 472 g/mol. The number of hydrogen-bond donors (Lipinski definition) is 0. The van der Waals surface area contributed by atoms with E-state index in [0.29, 0.717) is 24.3 Å². The predicted molar refractivity (Wildman–Crippen MR) is 160 cm³/mol. The van der Waals surface area contributed by atoms with E-state index in [2.05, 4.69) is 20.8 Å². The first-order valence-electron chi connectivity index (χ1n) is 16.2. The zero-order valence-electron chi connectivity index (χ0n) is 25.1. The van der Waals surface area contributed by atoms with Crippen LogP contribution in [0.4, 0.5) is 0 Å². The number of hydrogen-bond acceptors (Lipinski definition) is 4. The molecule has 0 aliphatic carbocycles. The van der Waals surface area contributed by atoms with E-state index >= 15 is 0 Å². The van der Waals surface area contributed by atoms with Crippen LogP contribution in [0.3, 0.4) is 0 Å². The Morgan fingerprint density at radius 3 is 1.45 bits per heavy atom. The molecule has 0 aliphatic rings. The number of rotatable bonds is 25. The highest BCUT2D eigenvalue weighted by Gasteiger charge is 2.18. The van der Waals surface area contributed by atoms with Crippen molar-refractivity contribution in [2.45, 2.75) is 168 Å². The Morgan fingerprint density at radius 2 is 0.947 bits per heavy atom. The minimum Gasteiger partial charge on any atom is -0.423 e. The summed E-state index contributed by atoms with van der Waals surface area (Å²) >= 11 is 0. The molecule has 0 bridgehead atoms. The molecule has 1 aromatic rings. The zero-order chi connectivity index (χ0) is 27.7.